The van der Waals surface area contributed by atoms with Crippen molar-refractivity contribution in [3.8, 4) is 34.5 Å². The van der Waals surface area contributed by atoms with Gasteiger partial charge in [-0.25, -0.2) is 14.5 Å². The Hall–Kier alpha value is -5.85. The Morgan fingerprint density at radius 2 is 0.377 bits per heavy atom. The molecule has 372 valence electrons. The van der Waals surface area contributed by atoms with Crippen molar-refractivity contribution in [1.29, 1.82) is 0 Å². The maximum Gasteiger partial charge on any atom is 0.187 e. The minimum Gasteiger partial charge on any atom is -0.494 e. The second kappa shape index (κ2) is 38.1. The first-order valence-electron chi connectivity index (χ1n) is 26.5. The number of hydrogen-bond donors (Lipinski definition) is 0. The molecular formula is C60H81N3O6. The Balaban J connectivity index is 1.03. The first-order chi connectivity index (χ1) is 34.1. The van der Waals surface area contributed by atoms with E-state index in [1.165, 1.54) is 135 Å². The molecule has 0 unspecified atom stereocenters. The Kier molecular flexibility index (Phi) is 30.7. The number of unbranched alkanes of at least 4 members (excludes halogenated alkanes) is 24. The first kappa shape index (κ1) is 55.7. The van der Waals surface area contributed by atoms with E-state index in [0.717, 1.165) is 92.8 Å². The summed E-state index contributed by atoms with van der Waals surface area (Å²) in [7, 11) is 0. The average Bonchev–Trinajstić information content (AvgIpc) is 3.38. The van der Waals surface area contributed by atoms with Crippen LogP contribution in [0.25, 0.3) is 14.5 Å². The van der Waals surface area contributed by atoms with Crippen LogP contribution in [-0.2, 0) is 0 Å². The van der Waals surface area contributed by atoms with E-state index in [4.69, 9.17) is 48.1 Å². The topological polar surface area (TPSA) is 68.5 Å². The fraction of sp³-hybridized carbons (Fsp3) is 0.550. The van der Waals surface area contributed by atoms with Crippen LogP contribution in [0.4, 0.5) is 17.1 Å². The van der Waals surface area contributed by atoms with Crippen molar-refractivity contribution in [2.45, 2.75) is 173 Å². The molecule has 0 radical (unpaired) electrons. The molecule has 4 aromatic rings. The summed E-state index contributed by atoms with van der Waals surface area (Å²) in [6.45, 7) is 25.5. The van der Waals surface area contributed by atoms with E-state index >= 15 is 0 Å². The molecule has 0 aliphatic rings. The largest absolute Gasteiger partial charge is 0.494 e. The van der Waals surface area contributed by atoms with Crippen molar-refractivity contribution < 1.29 is 28.4 Å². The zero-order chi connectivity index (χ0) is 48.5. The van der Waals surface area contributed by atoms with Crippen LogP contribution < -0.4 is 28.4 Å². The van der Waals surface area contributed by atoms with Crippen LogP contribution in [0, 0.1) is 19.7 Å². The summed E-state index contributed by atoms with van der Waals surface area (Å²) in [5.41, 5.74) is 1.94. The minimum atomic E-state index is 0.645. The molecule has 0 saturated heterocycles. The van der Waals surface area contributed by atoms with Crippen LogP contribution in [0.2, 0.25) is 0 Å². The minimum absolute atomic E-state index is 0.645. The SMILES string of the molecule is [C-]#[N+]c1ccc(OCCCCCCCCCCCOc2cc(OCCCCCCCCCCCOc3ccc([N+]#[C-])cc3)cc(OCCCCCCCCCCCOc3ccc([N+]#[C-])cc3)c2)cc1. The Morgan fingerprint density at radius 1 is 0.217 bits per heavy atom. The van der Waals surface area contributed by atoms with E-state index in [2.05, 4.69) is 14.5 Å². The van der Waals surface area contributed by atoms with Crippen LogP contribution in [0.3, 0.4) is 0 Å². The summed E-state index contributed by atoms with van der Waals surface area (Å²) >= 11 is 0. The van der Waals surface area contributed by atoms with Gasteiger partial charge in [0.15, 0.2) is 17.1 Å². The molecule has 0 spiro atoms. The molecule has 0 heterocycles. The zero-order valence-corrected chi connectivity index (χ0v) is 41.8. The quantitative estimate of drug-likeness (QED) is 0.0326. The lowest BCUT2D eigenvalue weighted by Gasteiger charge is -2.13. The molecule has 0 aliphatic heterocycles. The van der Waals surface area contributed by atoms with Crippen LogP contribution in [0.1, 0.15) is 173 Å². The number of ether oxygens (including phenoxy) is 6. The monoisotopic (exact) mass is 940 g/mol. The predicted octanol–water partition coefficient (Wildman–Crippen LogP) is 18.2. The maximum absolute atomic E-state index is 7.06. The van der Waals surface area contributed by atoms with E-state index in [-0.39, 0.29) is 0 Å². The van der Waals surface area contributed by atoms with Gasteiger partial charge < -0.3 is 28.4 Å². The van der Waals surface area contributed by atoms with Gasteiger partial charge in [0.1, 0.15) is 34.5 Å². The molecule has 0 atom stereocenters. The van der Waals surface area contributed by atoms with Crippen molar-refractivity contribution >= 4 is 17.1 Å². The third kappa shape index (κ3) is 27.7. The molecule has 0 saturated carbocycles. The van der Waals surface area contributed by atoms with E-state index in [9.17, 15) is 0 Å². The second-order valence-electron chi connectivity index (χ2n) is 18.1. The molecule has 0 aliphatic carbocycles. The van der Waals surface area contributed by atoms with Gasteiger partial charge in [0.25, 0.3) is 0 Å². The van der Waals surface area contributed by atoms with Crippen LogP contribution in [0.5, 0.6) is 34.5 Å². The third-order valence-electron chi connectivity index (χ3n) is 12.2. The normalized spacial score (nSPS) is 10.7. The number of hydrogen-bond acceptors (Lipinski definition) is 6. The maximum atomic E-state index is 7.06. The summed E-state index contributed by atoms with van der Waals surface area (Å²) in [5, 5.41) is 0. The molecule has 0 fully saturated rings. The molecule has 4 aromatic carbocycles. The van der Waals surface area contributed by atoms with E-state index in [0.29, 0.717) is 36.9 Å². The lowest BCUT2D eigenvalue weighted by Crippen LogP contribution is -2.02. The average molecular weight is 940 g/mol. The molecule has 9 heteroatoms. The van der Waals surface area contributed by atoms with Gasteiger partial charge in [0.2, 0.25) is 0 Å². The first-order valence-corrected chi connectivity index (χ1v) is 26.5. The van der Waals surface area contributed by atoms with Gasteiger partial charge in [-0.15, -0.1) is 0 Å². The lowest BCUT2D eigenvalue weighted by atomic mass is 10.1. The highest BCUT2D eigenvalue weighted by atomic mass is 16.5. The van der Waals surface area contributed by atoms with Crippen molar-refractivity contribution in [2.75, 3.05) is 39.6 Å². The Labute approximate surface area is 416 Å². The number of nitrogens with zero attached hydrogens (tertiary/aromatic N) is 3. The van der Waals surface area contributed by atoms with Crippen molar-refractivity contribution in [3.63, 3.8) is 0 Å². The predicted molar refractivity (Wildman–Crippen MR) is 282 cm³/mol. The van der Waals surface area contributed by atoms with Gasteiger partial charge in [-0.05, 0) is 74.9 Å². The van der Waals surface area contributed by atoms with E-state index in [1.807, 2.05) is 54.6 Å². The van der Waals surface area contributed by atoms with Gasteiger partial charge in [-0.3, -0.25) is 0 Å². The van der Waals surface area contributed by atoms with E-state index in [1.54, 1.807) is 36.4 Å². The van der Waals surface area contributed by atoms with Gasteiger partial charge in [0, 0.05) is 18.2 Å². The number of benzene rings is 4. The Morgan fingerprint density at radius 3 is 0.551 bits per heavy atom. The molecule has 69 heavy (non-hydrogen) atoms. The second-order valence-corrected chi connectivity index (χ2v) is 18.1. The van der Waals surface area contributed by atoms with Crippen molar-refractivity contribution in [2.24, 2.45) is 0 Å². The van der Waals surface area contributed by atoms with Crippen molar-refractivity contribution in [1.82, 2.24) is 0 Å². The molecule has 0 aromatic heterocycles. The Bertz CT molecular complexity index is 1770. The van der Waals surface area contributed by atoms with Crippen molar-refractivity contribution in [3.05, 3.63) is 125 Å². The third-order valence-corrected chi connectivity index (χ3v) is 12.2. The summed E-state index contributed by atoms with van der Waals surface area (Å²) in [6, 6.07) is 28.2. The highest BCUT2D eigenvalue weighted by molar-refractivity contribution is 5.48. The highest BCUT2D eigenvalue weighted by Crippen LogP contribution is 2.29. The van der Waals surface area contributed by atoms with Crippen LogP contribution in [-0.4, -0.2) is 39.6 Å². The summed E-state index contributed by atoms with van der Waals surface area (Å²) in [6.07, 6.45) is 32.3. The molecule has 0 amide bonds. The van der Waals surface area contributed by atoms with E-state index < -0.39 is 0 Å². The highest BCUT2D eigenvalue weighted by Gasteiger charge is 2.07. The zero-order valence-electron chi connectivity index (χ0n) is 41.8. The summed E-state index contributed by atoms with van der Waals surface area (Å²) in [5.74, 6) is 5.02. The standard InChI is InChI=1S/C60H81N3O6/c1-61-52-31-37-55(38-32-52)64-43-25-19-13-7-4-10-16-22-28-46-67-58-49-59(68-47-29-23-17-11-5-8-14-20-26-44-65-56-39-33-53(62-2)34-40-56)51-60(50-58)69-48-30-24-18-12-6-9-15-21-27-45-66-57-41-35-54(63-3)36-42-57/h31-42,49-51H,4-30,43-48H2. The molecular weight excluding hydrogens is 859 g/mol. The van der Waals surface area contributed by atoms with Gasteiger partial charge in [-0.1, -0.05) is 171 Å². The molecule has 4 rings (SSSR count). The van der Waals surface area contributed by atoms with Crippen LogP contribution in [0.15, 0.2) is 91.0 Å². The summed E-state index contributed by atoms with van der Waals surface area (Å²) in [4.78, 5) is 10.3. The fourth-order valence-corrected chi connectivity index (χ4v) is 8.11. The smallest absolute Gasteiger partial charge is 0.187 e. The van der Waals surface area contributed by atoms with Gasteiger partial charge >= 0.3 is 0 Å². The molecule has 0 bridgehead atoms. The molecule has 0 N–H and O–H groups in total. The van der Waals surface area contributed by atoms with Gasteiger partial charge in [-0.2, -0.15) is 0 Å². The molecule has 9 nitrogen and oxygen atoms in total. The summed E-state index contributed by atoms with van der Waals surface area (Å²) < 4.78 is 36.3. The lowest BCUT2D eigenvalue weighted by molar-refractivity contribution is 0.275. The van der Waals surface area contributed by atoms with Crippen LogP contribution >= 0.6 is 0 Å². The number of rotatable bonds is 42. The fourth-order valence-electron chi connectivity index (χ4n) is 8.11. The van der Waals surface area contributed by atoms with Gasteiger partial charge in [0.05, 0.1) is 59.4 Å².